The number of aromatic nitrogens is 1. The molecule has 0 amide bonds. The predicted molar refractivity (Wildman–Crippen MR) is 92.9 cm³/mol. The number of nitrogens with one attached hydrogen (secondary N) is 1. The van der Waals surface area contributed by atoms with Crippen molar-refractivity contribution in [2.45, 2.75) is 20.8 Å². The second kappa shape index (κ2) is 6.30. The topological polar surface area (TPSA) is 34.1 Å². The Morgan fingerprint density at radius 1 is 1.38 bits per heavy atom. The number of nitrogens with zero attached hydrogens (tertiary/aromatic N) is 1. The molecular weight excluding hydrogens is 300 g/mol. The van der Waals surface area contributed by atoms with Crippen molar-refractivity contribution in [2.75, 3.05) is 19.7 Å². The largest absolute Gasteiger partial charge is 0.492 e. The van der Waals surface area contributed by atoms with Gasteiger partial charge in [0.15, 0.2) is 0 Å². The fraction of sp³-hybridized carbons (Fsp3) is 0.438. The molecule has 0 bridgehead atoms. The Morgan fingerprint density at radius 2 is 2.24 bits per heavy atom. The van der Waals surface area contributed by atoms with Crippen LogP contribution in [0.2, 0.25) is 0 Å². The highest BCUT2D eigenvalue weighted by Crippen LogP contribution is 2.38. The number of hydrogen-bond acceptors (Lipinski definition) is 5. The highest BCUT2D eigenvalue weighted by Gasteiger charge is 2.12. The van der Waals surface area contributed by atoms with Crippen molar-refractivity contribution in [3.05, 3.63) is 22.5 Å². The molecule has 0 aliphatic rings. The highest BCUT2D eigenvalue weighted by molar-refractivity contribution is 7.21. The van der Waals surface area contributed by atoms with Crippen LogP contribution in [0.15, 0.2) is 17.5 Å². The maximum Gasteiger partial charge on any atom is 0.129 e. The fourth-order valence-electron chi connectivity index (χ4n) is 2.33. The van der Waals surface area contributed by atoms with Gasteiger partial charge in [0.1, 0.15) is 12.4 Å². The molecule has 3 rings (SSSR count). The van der Waals surface area contributed by atoms with Crippen molar-refractivity contribution in [3.63, 3.8) is 0 Å². The lowest BCUT2D eigenvalue weighted by molar-refractivity contribution is 0.315. The van der Waals surface area contributed by atoms with Crippen LogP contribution in [0.25, 0.3) is 20.3 Å². The summed E-state index contributed by atoms with van der Waals surface area (Å²) in [7, 11) is 0. The molecule has 0 spiro atoms. The van der Waals surface area contributed by atoms with E-state index < -0.39 is 0 Å². The van der Waals surface area contributed by atoms with Crippen LogP contribution in [-0.4, -0.2) is 24.7 Å². The monoisotopic (exact) mass is 320 g/mol. The number of fused-ring (bicyclic) bond motifs is 3. The standard InChI is InChI=1S/C16H20N2OS2/c1-10(2)9-17-5-6-19-13-8-14-15(18-11(3)21-14)16-12(13)4-7-20-16/h4,7-8,10,17H,5-6,9H2,1-3H3. The van der Waals surface area contributed by atoms with Crippen molar-refractivity contribution in [1.82, 2.24) is 10.3 Å². The Hall–Kier alpha value is -1.17. The van der Waals surface area contributed by atoms with Crippen LogP contribution in [0.1, 0.15) is 18.9 Å². The Labute approximate surface area is 133 Å². The minimum Gasteiger partial charge on any atom is -0.492 e. The highest BCUT2D eigenvalue weighted by atomic mass is 32.1. The van der Waals surface area contributed by atoms with Gasteiger partial charge in [-0.15, -0.1) is 22.7 Å². The van der Waals surface area contributed by atoms with Crippen molar-refractivity contribution >= 4 is 43.0 Å². The van der Waals surface area contributed by atoms with Gasteiger partial charge in [-0.05, 0) is 30.8 Å². The van der Waals surface area contributed by atoms with E-state index in [1.165, 1.54) is 14.8 Å². The van der Waals surface area contributed by atoms with E-state index in [9.17, 15) is 0 Å². The Balaban J connectivity index is 1.78. The van der Waals surface area contributed by atoms with Crippen molar-refractivity contribution in [1.29, 1.82) is 0 Å². The van der Waals surface area contributed by atoms with E-state index in [4.69, 9.17) is 4.74 Å². The van der Waals surface area contributed by atoms with Gasteiger partial charge in [-0.1, -0.05) is 13.8 Å². The second-order valence-corrected chi connectivity index (χ2v) is 7.72. The third kappa shape index (κ3) is 3.20. The van der Waals surface area contributed by atoms with Crippen molar-refractivity contribution in [2.24, 2.45) is 5.92 Å². The molecule has 0 saturated heterocycles. The maximum absolute atomic E-state index is 6.00. The quantitative estimate of drug-likeness (QED) is 0.682. The number of benzene rings is 1. The first-order chi connectivity index (χ1) is 10.1. The number of ether oxygens (including phenoxy) is 1. The van der Waals surface area contributed by atoms with Gasteiger partial charge in [0, 0.05) is 18.0 Å². The van der Waals surface area contributed by atoms with Crippen LogP contribution in [0.4, 0.5) is 0 Å². The molecule has 5 heteroatoms. The molecule has 1 N–H and O–H groups in total. The zero-order valence-corrected chi connectivity index (χ0v) is 14.2. The summed E-state index contributed by atoms with van der Waals surface area (Å²) in [5.41, 5.74) is 1.12. The summed E-state index contributed by atoms with van der Waals surface area (Å²) in [6.07, 6.45) is 0. The zero-order valence-electron chi connectivity index (χ0n) is 12.6. The zero-order chi connectivity index (χ0) is 14.8. The van der Waals surface area contributed by atoms with E-state index in [-0.39, 0.29) is 0 Å². The summed E-state index contributed by atoms with van der Waals surface area (Å²) in [5.74, 6) is 1.65. The van der Waals surface area contributed by atoms with Gasteiger partial charge in [-0.25, -0.2) is 4.98 Å². The summed E-state index contributed by atoms with van der Waals surface area (Å²) in [5, 5.41) is 7.81. The van der Waals surface area contributed by atoms with Crippen LogP contribution in [0, 0.1) is 12.8 Å². The molecule has 0 saturated carbocycles. The first-order valence-electron chi connectivity index (χ1n) is 7.26. The molecule has 2 aromatic heterocycles. The molecule has 112 valence electrons. The molecule has 3 aromatic rings. The third-order valence-electron chi connectivity index (χ3n) is 3.26. The summed E-state index contributed by atoms with van der Waals surface area (Å²) >= 11 is 3.47. The molecule has 3 nitrogen and oxygen atoms in total. The summed E-state index contributed by atoms with van der Waals surface area (Å²) in [4.78, 5) is 4.64. The van der Waals surface area contributed by atoms with Crippen molar-refractivity contribution < 1.29 is 4.74 Å². The predicted octanol–water partition coefficient (Wildman–Crippen LogP) is 4.44. The van der Waals surface area contributed by atoms with Crippen LogP contribution in [0.5, 0.6) is 5.75 Å². The minimum atomic E-state index is 0.671. The molecule has 1 aromatic carbocycles. The number of thiazole rings is 1. The van der Waals surface area contributed by atoms with Crippen molar-refractivity contribution in [3.8, 4) is 5.75 Å². The van der Waals surface area contributed by atoms with Crippen LogP contribution >= 0.6 is 22.7 Å². The van der Waals surface area contributed by atoms with E-state index in [1.54, 1.807) is 22.7 Å². The van der Waals surface area contributed by atoms with Gasteiger partial charge in [0.2, 0.25) is 0 Å². The average molecular weight is 320 g/mol. The maximum atomic E-state index is 6.00. The van der Waals surface area contributed by atoms with Gasteiger partial charge < -0.3 is 10.1 Å². The Kier molecular flexibility index (Phi) is 4.42. The van der Waals surface area contributed by atoms with E-state index in [0.29, 0.717) is 12.5 Å². The summed E-state index contributed by atoms with van der Waals surface area (Å²) in [6.45, 7) is 9.08. The van der Waals surface area contributed by atoms with E-state index in [2.05, 4.69) is 48.6 Å². The minimum absolute atomic E-state index is 0.671. The summed E-state index contributed by atoms with van der Waals surface area (Å²) in [6, 6.07) is 4.27. The van der Waals surface area contributed by atoms with Gasteiger partial charge in [-0.2, -0.15) is 0 Å². The molecular formula is C16H20N2OS2. The van der Waals surface area contributed by atoms with Crippen LogP contribution in [-0.2, 0) is 0 Å². The summed E-state index contributed by atoms with van der Waals surface area (Å²) < 4.78 is 8.45. The van der Waals surface area contributed by atoms with E-state index >= 15 is 0 Å². The van der Waals surface area contributed by atoms with E-state index in [0.717, 1.165) is 29.4 Å². The normalized spacial score (nSPS) is 11.8. The molecule has 21 heavy (non-hydrogen) atoms. The second-order valence-electron chi connectivity index (χ2n) is 5.56. The third-order valence-corrected chi connectivity index (χ3v) is 5.10. The first-order valence-corrected chi connectivity index (χ1v) is 8.95. The Bertz CT molecular complexity index is 745. The number of aryl methyl sites for hydroxylation is 1. The smallest absolute Gasteiger partial charge is 0.129 e. The number of rotatable bonds is 6. The Morgan fingerprint density at radius 3 is 3.05 bits per heavy atom. The van der Waals surface area contributed by atoms with Gasteiger partial charge >= 0.3 is 0 Å². The first kappa shape index (κ1) is 14.8. The van der Waals surface area contributed by atoms with E-state index in [1.807, 2.05) is 0 Å². The average Bonchev–Trinajstić information content (AvgIpc) is 3.02. The molecule has 0 atom stereocenters. The SMILES string of the molecule is Cc1nc2c(cc(OCCNCC(C)C)c3ccsc32)s1. The fourth-order valence-corrected chi connectivity index (χ4v) is 4.16. The van der Waals surface area contributed by atoms with Gasteiger partial charge in [0.05, 0.1) is 19.9 Å². The molecule has 0 aliphatic carbocycles. The van der Waals surface area contributed by atoms with Gasteiger partial charge in [-0.3, -0.25) is 0 Å². The van der Waals surface area contributed by atoms with Gasteiger partial charge in [0.25, 0.3) is 0 Å². The molecule has 0 unspecified atom stereocenters. The lowest BCUT2D eigenvalue weighted by Crippen LogP contribution is -2.24. The lowest BCUT2D eigenvalue weighted by Gasteiger charge is -2.10. The molecule has 0 aliphatic heterocycles. The number of hydrogen-bond donors (Lipinski definition) is 1. The van der Waals surface area contributed by atoms with Crippen LogP contribution < -0.4 is 10.1 Å². The molecule has 0 fully saturated rings. The molecule has 0 radical (unpaired) electrons. The molecule has 2 heterocycles. The lowest BCUT2D eigenvalue weighted by atomic mass is 10.2. The number of thiophene rings is 1. The van der Waals surface area contributed by atoms with Crippen LogP contribution in [0.3, 0.4) is 0 Å².